The van der Waals surface area contributed by atoms with Crippen LogP contribution in [0.4, 0.5) is 0 Å². The topological polar surface area (TPSA) is 26.3 Å². The Kier molecular flexibility index (Phi) is 6.82. The molecule has 0 bridgehead atoms. The molecule has 2 nitrogen and oxygen atoms in total. The zero-order chi connectivity index (χ0) is 10.1. The minimum absolute atomic E-state index is 0.353. The van der Waals surface area contributed by atoms with Crippen LogP contribution in [0.5, 0.6) is 0 Å². The van der Waals surface area contributed by atoms with Crippen LogP contribution in [-0.4, -0.2) is 12.6 Å². The molecule has 0 N–H and O–H groups in total. The lowest BCUT2D eigenvalue weighted by molar-refractivity contribution is -0.141. The minimum atomic E-state index is -0.654. The number of rotatable bonds is 7. The number of carbonyl (C=O) groups is 1. The summed E-state index contributed by atoms with van der Waals surface area (Å²) in [6.45, 7) is 2.87. The van der Waals surface area contributed by atoms with Crippen molar-refractivity contribution in [1.29, 1.82) is 0 Å². The highest BCUT2D eigenvalue weighted by molar-refractivity contribution is 5.65. The zero-order valence-electron chi connectivity index (χ0n) is 9.14. The summed E-state index contributed by atoms with van der Waals surface area (Å²) in [5.41, 5.74) is 0. The molecule has 0 heterocycles. The van der Waals surface area contributed by atoms with E-state index in [-0.39, 0.29) is 5.97 Å². The van der Waals surface area contributed by atoms with Crippen molar-refractivity contribution in [2.45, 2.75) is 52.4 Å². The molecule has 0 aromatic carbocycles. The summed E-state index contributed by atoms with van der Waals surface area (Å²) in [6.07, 6.45) is 6.52. The molecule has 0 fully saturated rings. The predicted molar refractivity (Wildman–Crippen MR) is 50.0 cm³/mol. The van der Waals surface area contributed by atoms with Gasteiger partial charge in [0, 0.05) is 6.92 Å². The van der Waals surface area contributed by atoms with Gasteiger partial charge in [-0.05, 0) is 6.42 Å². The van der Waals surface area contributed by atoms with Crippen molar-refractivity contribution in [1.82, 2.24) is 0 Å². The molecule has 0 aliphatic rings. The van der Waals surface area contributed by atoms with Crippen molar-refractivity contribution in [2.24, 2.45) is 0 Å². The van der Waals surface area contributed by atoms with E-state index in [4.69, 9.17) is 1.37 Å². The molecule has 0 rings (SSSR count). The Labute approximate surface area is 76.7 Å². The van der Waals surface area contributed by atoms with E-state index >= 15 is 0 Å². The largest absolute Gasteiger partial charge is 0.466 e. The molecule has 0 aliphatic heterocycles. The monoisotopic (exact) mass is 173 g/mol. The molecule has 0 aromatic rings. The van der Waals surface area contributed by atoms with Gasteiger partial charge in [-0.25, -0.2) is 0 Å². The van der Waals surface area contributed by atoms with Crippen LogP contribution in [-0.2, 0) is 9.53 Å². The van der Waals surface area contributed by atoms with Crippen LogP contribution in [0.25, 0.3) is 0 Å². The van der Waals surface area contributed by atoms with Crippen LogP contribution in [0.3, 0.4) is 0 Å². The third-order valence-corrected chi connectivity index (χ3v) is 1.67. The number of unbranched alkanes of at least 4 members (excludes halogenated alkanes) is 4. The first-order valence-electron chi connectivity index (χ1n) is 5.34. The zero-order valence-corrected chi connectivity index (χ0v) is 8.14. The maximum Gasteiger partial charge on any atom is 0.302 e. The molecule has 0 aliphatic carbocycles. The van der Waals surface area contributed by atoms with Gasteiger partial charge in [0.1, 0.15) is 0 Å². The van der Waals surface area contributed by atoms with Gasteiger partial charge in [-0.3, -0.25) is 4.79 Å². The van der Waals surface area contributed by atoms with E-state index in [0.717, 1.165) is 12.8 Å². The molecule has 0 aromatic heterocycles. The average Bonchev–Trinajstić information content (AvgIpc) is 2.02. The van der Waals surface area contributed by atoms with Crippen LogP contribution in [0.1, 0.15) is 53.7 Å². The molecule has 0 saturated heterocycles. The first-order chi connectivity index (χ1) is 6.16. The van der Waals surface area contributed by atoms with Gasteiger partial charge in [0.2, 0.25) is 0 Å². The number of esters is 1. The van der Waals surface area contributed by atoms with Gasteiger partial charge in [-0.2, -0.15) is 0 Å². The summed E-state index contributed by atoms with van der Waals surface area (Å²) < 4.78 is 12.0. The lowest BCUT2D eigenvalue weighted by Gasteiger charge is -2.01. The van der Waals surface area contributed by atoms with E-state index in [1.165, 1.54) is 26.2 Å². The summed E-state index contributed by atoms with van der Waals surface area (Å²) in [6, 6.07) is 0. The van der Waals surface area contributed by atoms with Gasteiger partial charge in [-0.15, -0.1) is 0 Å². The molecule has 0 amide bonds. The van der Waals surface area contributed by atoms with Crippen LogP contribution >= 0.6 is 0 Å². The number of ether oxygens (including phenoxy) is 1. The second-order valence-corrected chi connectivity index (χ2v) is 2.98. The molecular weight excluding hydrogens is 152 g/mol. The normalized spacial score (nSPS) is 13.7. The van der Waals surface area contributed by atoms with E-state index in [2.05, 4.69) is 11.7 Å². The molecule has 0 spiro atoms. The summed E-state index contributed by atoms with van der Waals surface area (Å²) in [5, 5.41) is 0. The van der Waals surface area contributed by atoms with Crippen molar-refractivity contribution in [3.05, 3.63) is 0 Å². The maximum absolute atomic E-state index is 10.4. The van der Waals surface area contributed by atoms with Crippen molar-refractivity contribution < 1.29 is 10.9 Å². The van der Waals surface area contributed by atoms with Crippen LogP contribution in [0.2, 0.25) is 0 Å². The number of carbonyl (C=O) groups excluding carboxylic acids is 1. The van der Waals surface area contributed by atoms with Gasteiger partial charge < -0.3 is 4.74 Å². The average molecular weight is 173 g/mol. The Bertz CT molecular complexity index is 137. The van der Waals surface area contributed by atoms with Crippen molar-refractivity contribution in [3.63, 3.8) is 0 Å². The van der Waals surface area contributed by atoms with E-state index in [1.807, 2.05) is 0 Å². The lowest BCUT2D eigenvalue weighted by Crippen LogP contribution is -1.99. The van der Waals surface area contributed by atoms with E-state index in [0.29, 0.717) is 6.42 Å². The molecule has 0 saturated carbocycles. The lowest BCUT2D eigenvalue weighted by atomic mass is 10.1. The molecule has 72 valence electrons. The van der Waals surface area contributed by atoms with Gasteiger partial charge in [0.05, 0.1) is 7.95 Å². The van der Waals surface area contributed by atoms with Crippen molar-refractivity contribution >= 4 is 5.97 Å². The fraction of sp³-hybridized carbons (Fsp3) is 0.900. The summed E-state index contributed by atoms with van der Waals surface area (Å²) >= 11 is 0. The van der Waals surface area contributed by atoms with Gasteiger partial charge >= 0.3 is 5.97 Å². The third-order valence-electron chi connectivity index (χ3n) is 1.67. The smallest absolute Gasteiger partial charge is 0.302 e. The van der Waals surface area contributed by atoms with Gasteiger partial charge in [0.25, 0.3) is 0 Å². The van der Waals surface area contributed by atoms with Crippen LogP contribution < -0.4 is 0 Å². The van der Waals surface area contributed by atoms with E-state index < -0.39 is 6.58 Å². The van der Waals surface area contributed by atoms with Crippen molar-refractivity contribution in [3.8, 4) is 0 Å². The Hall–Kier alpha value is -0.530. The van der Waals surface area contributed by atoms with E-state index in [1.54, 1.807) is 0 Å². The molecule has 1 atom stereocenters. The molecule has 0 unspecified atom stereocenters. The summed E-state index contributed by atoms with van der Waals surface area (Å²) in [5.74, 6) is -0.353. The van der Waals surface area contributed by atoms with Gasteiger partial charge in [-0.1, -0.05) is 39.0 Å². The Morgan fingerprint density at radius 2 is 1.83 bits per heavy atom. The maximum atomic E-state index is 10.4. The highest BCUT2D eigenvalue weighted by atomic mass is 16.5. The Morgan fingerprint density at radius 3 is 2.42 bits per heavy atom. The van der Waals surface area contributed by atoms with Crippen LogP contribution in [0.15, 0.2) is 0 Å². The second-order valence-electron chi connectivity index (χ2n) is 2.98. The number of hydrogen-bond acceptors (Lipinski definition) is 2. The third kappa shape index (κ3) is 9.47. The summed E-state index contributed by atoms with van der Waals surface area (Å²) in [4.78, 5) is 10.4. The molecular formula is C10H20O2. The van der Waals surface area contributed by atoms with Gasteiger partial charge in [0.15, 0.2) is 0 Å². The second kappa shape index (κ2) is 8.57. The SMILES string of the molecule is [2H][C@H](CCCCCCC)OC(C)=O. The highest BCUT2D eigenvalue weighted by Crippen LogP contribution is 2.04. The summed E-state index contributed by atoms with van der Waals surface area (Å²) in [7, 11) is 0. The first kappa shape index (κ1) is 9.56. The fourth-order valence-electron chi connectivity index (χ4n) is 1.01. The number of hydrogen-bond donors (Lipinski definition) is 0. The molecule has 2 heteroatoms. The minimum Gasteiger partial charge on any atom is -0.466 e. The van der Waals surface area contributed by atoms with Crippen molar-refractivity contribution in [2.75, 3.05) is 6.58 Å². The Balaban J connectivity index is 3.17. The first-order valence-corrected chi connectivity index (χ1v) is 4.76. The standard InChI is InChI=1S/C10H20O2/c1-3-4-5-6-7-8-9-12-10(2)11/h3-9H2,1-2H3/i9D/t9-/m1/s1. The molecule has 12 heavy (non-hydrogen) atoms. The predicted octanol–water partition coefficient (Wildman–Crippen LogP) is 2.91. The Morgan fingerprint density at radius 1 is 1.25 bits per heavy atom. The fourth-order valence-corrected chi connectivity index (χ4v) is 1.01. The molecule has 0 radical (unpaired) electrons. The van der Waals surface area contributed by atoms with E-state index in [9.17, 15) is 4.79 Å². The highest BCUT2D eigenvalue weighted by Gasteiger charge is 1.92. The van der Waals surface area contributed by atoms with Crippen LogP contribution in [0, 0.1) is 0 Å². The quantitative estimate of drug-likeness (QED) is 0.437.